The molecule has 0 amide bonds. The zero-order valence-electron chi connectivity index (χ0n) is 12.8. The van der Waals surface area contributed by atoms with Crippen LogP contribution in [0.2, 0.25) is 0 Å². The highest BCUT2D eigenvalue weighted by Gasteiger charge is 2.28. The van der Waals surface area contributed by atoms with Gasteiger partial charge < -0.3 is 11.5 Å². The molecule has 23 heavy (non-hydrogen) atoms. The highest BCUT2D eigenvalue weighted by molar-refractivity contribution is 6.04. The van der Waals surface area contributed by atoms with Gasteiger partial charge in [0.25, 0.3) is 0 Å². The molecule has 0 saturated carbocycles. The number of nitrogens with two attached hydrogens (primary N) is 2. The second-order valence-electron chi connectivity index (χ2n) is 5.65. The summed E-state index contributed by atoms with van der Waals surface area (Å²) in [6, 6.07) is 8.73. The van der Waals surface area contributed by atoms with E-state index in [1.807, 2.05) is 19.1 Å². The predicted octanol–water partition coefficient (Wildman–Crippen LogP) is 2.24. The number of rotatable bonds is 2. The number of halogens is 1. The van der Waals surface area contributed by atoms with E-state index in [4.69, 9.17) is 11.5 Å². The van der Waals surface area contributed by atoms with Crippen LogP contribution in [0.25, 0.3) is 0 Å². The smallest absolute Gasteiger partial charge is 0.211 e. The van der Waals surface area contributed by atoms with Crippen LogP contribution in [0.1, 0.15) is 34.7 Å². The van der Waals surface area contributed by atoms with Crippen LogP contribution in [0.5, 0.6) is 0 Å². The molecule has 0 bridgehead atoms. The van der Waals surface area contributed by atoms with E-state index in [9.17, 15) is 4.39 Å². The van der Waals surface area contributed by atoms with Crippen LogP contribution in [-0.4, -0.2) is 16.7 Å². The molecule has 5 nitrogen and oxygen atoms in total. The first-order valence-corrected chi connectivity index (χ1v) is 7.41. The number of pyridine rings is 1. The number of hydrogen-bond acceptors (Lipinski definition) is 3. The molecule has 1 aliphatic carbocycles. The summed E-state index contributed by atoms with van der Waals surface area (Å²) in [7, 11) is 0. The Morgan fingerprint density at radius 2 is 2.00 bits per heavy atom. The molecule has 0 spiro atoms. The maximum atomic E-state index is 14.1. The summed E-state index contributed by atoms with van der Waals surface area (Å²) in [4.78, 5) is 4.45. The average molecular weight is 311 g/mol. The molecule has 1 aromatic heterocycles. The molecule has 1 aliphatic rings. The van der Waals surface area contributed by atoms with Crippen LogP contribution in [0.3, 0.4) is 0 Å². The van der Waals surface area contributed by atoms with Crippen molar-refractivity contribution in [2.75, 3.05) is 0 Å². The van der Waals surface area contributed by atoms with Gasteiger partial charge >= 0.3 is 0 Å². The second kappa shape index (κ2) is 6.16. The molecule has 1 atom stereocenters. The number of aryl methyl sites for hydroxylation is 1. The molecular formula is C17H18FN5. The maximum absolute atomic E-state index is 14.1. The Balaban J connectivity index is 2.08. The lowest BCUT2D eigenvalue weighted by molar-refractivity contribution is 0.572. The van der Waals surface area contributed by atoms with E-state index in [1.165, 1.54) is 6.07 Å². The second-order valence-corrected chi connectivity index (χ2v) is 5.65. The van der Waals surface area contributed by atoms with Crippen LogP contribution in [-0.2, 0) is 6.42 Å². The van der Waals surface area contributed by atoms with Gasteiger partial charge in [-0.2, -0.15) is 5.10 Å². The molecule has 1 unspecified atom stereocenters. The number of aromatic nitrogens is 1. The van der Waals surface area contributed by atoms with Gasteiger partial charge in [0.15, 0.2) is 0 Å². The van der Waals surface area contributed by atoms with Crippen LogP contribution in [0.4, 0.5) is 4.39 Å². The summed E-state index contributed by atoms with van der Waals surface area (Å²) < 4.78 is 14.1. The third kappa shape index (κ3) is 3.06. The van der Waals surface area contributed by atoms with Crippen molar-refractivity contribution >= 4 is 11.7 Å². The Hall–Kier alpha value is -2.76. The van der Waals surface area contributed by atoms with E-state index in [1.54, 1.807) is 18.3 Å². The Morgan fingerprint density at radius 1 is 1.22 bits per heavy atom. The third-order valence-corrected chi connectivity index (χ3v) is 4.04. The molecule has 1 heterocycles. The molecule has 1 aromatic carbocycles. The topological polar surface area (TPSA) is 89.6 Å². The highest BCUT2D eigenvalue weighted by atomic mass is 19.1. The van der Waals surface area contributed by atoms with Gasteiger partial charge in [-0.1, -0.05) is 18.2 Å². The first kappa shape index (κ1) is 15.1. The van der Waals surface area contributed by atoms with Crippen molar-refractivity contribution in [3.63, 3.8) is 0 Å². The summed E-state index contributed by atoms with van der Waals surface area (Å²) in [5.74, 6) is -0.352. The van der Waals surface area contributed by atoms with Gasteiger partial charge in [0, 0.05) is 11.8 Å². The lowest BCUT2D eigenvalue weighted by atomic mass is 9.80. The lowest BCUT2D eigenvalue weighted by Gasteiger charge is -2.26. The van der Waals surface area contributed by atoms with E-state index in [0.717, 1.165) is 22.5 Å². The molecule has 0 radical (unpaired) electrons. The van der Waals surface area contributed by atoms with Gasteiger partial charge in [-0.05, 0) is 48.9 Å². The maximum Gasteiger partial charge on any atom is 0.211 e. The quantitative estimate of drug-likeness (QED) is 0.506. The lowest BCUT2D eigenvalue weighted by Crippen LogP contribution is -2.24. The molecular weight excluding hydrogens is 293 g/mol. The monoisotopic (exact) mass is 311 g/mol. The van der Waals surface area contributed by atoms with Crippen molar-refractivity contribution in [2.24, 2.45) is 21.7 Å². The number of hydrogen-bond donors (Lipinski definition) is 2. The summed E-state index contributed by atoms with van der Waals surface area (Å²) in [5, 5.41) is 7.96. The SMILES string of the molecule is Cc1ccnc2c1C(=NN=C(N)N)CC(c1ccccc1F)C2. The summed E-state index contributed by atoms with van der Waals surface area (Å²) in [6.45, 7) is 2.00. The van der Waals surface area contributed by atoms with Gasteiger partial charge in [-0.25, -0.2) is 4.39 Å². The van der Waals surface area contributed by atoms with Gasteiger partial charge in [-0.15, -0.1) is 5.10 Å². The Bertz CT molecular complexity index is 793. The van der Waals surface area contributed by atoms with Crippen LogP contribution in [0.15, 0.2) is 46.7 Å². The zero-order valence-corrected chi connectivity index (χ0v) is 12.8. The van der Waals surface area contributed by atoms with Crippen molar-refractivity contribution in [2.45, 2.75) is 25.7 Å². The van der Waals surface area contributed by atoms with Gasteiger partial charge in [0.2, 0.25) is 5.96 Å². The van der Waals surface area contributed by atoms with E-state index in [-0.39, 0.29) is 17.7 Å². The Kier molecular flexibility index (Phi) is 4.06. The van der Waals surface area contributed by atoms with Crippen LogP contribution < -0.4 is 11.5 Å². The van der Waals surface area contributed by atoms with E-state index >= 15 is 0 Å². The largest absolute Gasteiger partial charge is 0.369 e. The molecule has 0 aliphatic heterocycles. The standard InChI is InChI=1S/C17H18FN5/c1-10-6-7-21-14-8-11(12-4-2-3-5-13(12)18)9-15(16(10)14)22-23-17(19)20/h2-7,11H,8-9H2,1H3,(H4,19,20,23). The van der Waals surface area contributed by atoms with E-state index in [0.29, 0.717) is 18.4 Å². The minimum atomic E-state index is -0.213. The number of benzene rings is 1. The summed E-state index contributed by atoms with van der Waals surface area (Å²) in [5.41, 5.74) is 15.1. The molecule has 118 valence electrons. The predicted molar refractivity (Wildman–Crippen MR) is 88.8 cm³/mol. The summed E-state index contributed by atoms with van der Waals surface area (Å²) >= 11 is 0. The molecule has 3 rings (SSSR count). The van der Waals surface area contributed by atoms with Crippen molar-refractivity contribution in [3.05, 3.63) is 64.7 Å². The molecule has 0 fully saturated rings. The number of fused-ring (bicyclic) bond motifs is 1. The third-order valence-electron chi connectivity index (χ3n) is 4.04. The molecule has 2 aromatic rings. The minimum absolute atomic E-state index is 0.0362. The fourth-order valence-corrected chi connectivity index (χ4v) is 3.04. The first-order chi connectivity index (χ1) is 11.1. The average Bonchev–Trinajstić information content (AvgIpc) is 2.53. The van der Waals surface area contributed by atoms with Crippen molar-refractivity contribution in [1.29, 1.82) is 0 Å². The van der Waals surface area contributed by atoms with E-state index in [2.05, 4.69) is 15.2 Å². The molecule has 4 N–H and O–H groups in total. The van der Waals surface area contributed by atoms with Crippen LogP contribution >= 0.6 is 0 Å². The summed E-state index contributed by atoms with van der Waals surface area (Å²) in [6.07, 6.45) is 2.99. The van der Waals surface area contributed by atoms with Crippen molar-refractivity contribution < 1.29 is 4.39 Å². The molecule has 6 heteroatoms. The van der Waals surface area contributed by atoms with Gasteiger partial charge in [0.05, 0.1) is 11.4 Å². The van der Waals surface area contributed by atoms with E-state index < -0.39 is 0 Å². The first-order valence-electron chi connectivity index (χ1n) is 7.41. The molecule has 0 saturated heterocycles. The van der Waals surface area contributed by atoms with Gasteiger partial charge in [-0.3, -0.25) is 4.98 Å². The normalized spacial score (nSPS) is 18.5. The fourth-order valence-electron chi connectivity index (χ4n) is 3.04. The van der Waals surface area contributed by atoms with Gasteiger partial charge in [0.1, 0.15) is 5.82 Å². The number of nitrogens with zero attached hydrogens (tertiary/aromatic N) is 3. The van der Waals surface area contributed by atoms with Crippen molar-refractivity contribution in [1.82, 2.24) is 4.98 Å². The minimum Gasteiger partial charge on any atom is -0.369 e. The van der Waals surface area contributed by atoms with Crippen molar-refractivity contribution in [3.8, 4) is 0 Å². The fraction of sp³-hybridized carbons (Fsp3) is 0.235. The number of guanidine groups is 1. The highest BCUT2D eigenvalue weighted by Crippen LogP contribution is 2.34. The van der Waals surface area contributed by atoms with Crippen LogP contribution in [0, 0.1) is 12.7 Å². The Labute approximate surface area is 133 Å². The Morgan fingerprint density at radius 3 is 2.74 bits per heavy atom. The zero-order chi connectivity index (χ0) is 16.4.